The van der Waals surface area contributed by atoms with Crippen LogP contribution in [0.15, 0.2) is 17.1 Å². The summed E-state index contributed by atoms with van der Waals surface area (Å²) in [5, 5.41) is 0. The summed E-state index contributed by atoms with van der Waals surface area (Å²) in [5.41, 5.74) is 0.730. The Labute approximate surface area is 90.8 Å². The SMILES string of the molecule is O=C(N=C1[C]=CC=[C]C1)C1CCCCC1. The van der Waals surface area contributed by atoms with Crippen LogP contribution in [-0.4, -0.2) is 11.6 Å². The largest absolute Gasteiger partial charge is 0.272 e. The minimum atomic E-state index is 0.0503. The molecule has 2 aliphatic carbocycles. The van der Waals surface area contributed by atoms with Gasteiger partial charge >= 0.3 is 0 Å². The van der Waals surface area contributed by atoms with Crippen molar-refractivity contribution in [1.29, 1.82) is 0 Å². The summed E-state index contributed by atoms with van der Waals surface area (Å²) in [6.45, 7) is 0. The summed E-state index contributed by atoms with van der Waals surface area (Å²) in [5.74, 6) is 0.216. The monoisotopic (exact) mass is 201 g/mol. The second kappa shape index (κ2) is 5.06. The smallest absolute Gasteiger partial charge is 0.249 e. The summed E-state index contributed by atoms with van der Waals surface area (Å²) in [6.07, 6.45) is 15.8. The molecule has 0 aromatic rings. The number of carbonyl (C=O) groups is 1. The van der Waals surface area contributed by atoms with Gasteiger partial charge in [0.05, 0.1) is 5.71 Å². The molecule has 0 aromatic carbocycles. The summed E-state index contributed by atoms with van der Waals surface area (Å²) in [4.78, 5) is 15.9. The predicted molar refractivity (Wildman–Crippen MR) is 59.3 cm³/mol. The molecule has 78 valence electrons. The fourth-order valence-corrected chi connectivity index (χ4v) is 2.05. The van der Waals surface area contributed by atoms with Crippen LogP contribution in [0.4, 0.5) is 0 Å². The van der Waals surface area contributed by atoms with Crippen LogP contribution in [0.2, 0.25) is 0 Å². The molecule has 1 fully saturated rings. The molecule has 2 radical (unpaired) electrons. The molecule has 0 N–H and O–H groups in total. The molecular weight excluding hydrogens is 186 g/mol. The Morgan fingerprint density at radius 2 is 2.07 bits per heavy atom. The first kappa shape index (κ1) is 10.3. The van der Waals surface area contributed by atoms with Crippen LogP contribution in [0, 0.1) is 18.1 Å². The lowest BCUT2D eigenvalue weighted by molar-refractivity contribution is -0.122. The number of carbonyl (C=O) groups excluding carboxylic acids is 1. The lowest BCUT2D eigenvalue weighted by Gasteiger charge is -2.18. The van der Waals surface area contributed by atoms with E-state index in [1.807, 2.05) is 6.08 Å². The van der Waals surface area contributed by atoms with Crippen molar-refractivity contribution >= 4 is 11.6 Å². The van der Waals surface area contributed by atoms with Crippen molar-refractivity contribution in [3.63, 3.8) is 0 Å². The van der Waals surface area contributed by atoms with Gasteiger partial charge in [-0.3, -0.25) is 4.79 Å². The third-order valence-electron chi connectivity index (χ3n) is 2.92. The van der Waals surface area contributed by atoms with E-state index in [4.69, 9.17) is 0 Å². The average Bonchev–Trinajstić information content (AvgIpc) is 2.31. The Bertz CT molecular complexity index is 319. The second-order valence-electron chi connectivity index (χ2n) is 4.09. The Hall–Kier alpha value is -1.18. The molecule has 0 unspecified atom stereocenters. The molecule has 2 rings (SSSR count). The van der Waals surface area contributed by atoms with E-state index in [9.17, 15) is 4.79 Å². The third-order valence-corrected chi connectivity index (χ3v) is 2.92. The molecule has 1 saturated carbocycles. The molecule has 0 bridgehead atoms. The zero-order valence-electron chi connectivity index (χ0n) is 8.83. The van der Waals surface area contributed by atoms with E-state index in [-0.39, 0.29) is 11.8 Å². The highest BCUT2D eigenvalue weighted by Gasteiger charge is 2.20. The molecule has 0 aliphatic heterocycles. The van der Waals surface area contributed by atoms with E-state index in [0.29, 0.717) is 6.42 Å². The van der Waals surface area contributed by atoms with Crippen LogP contribution in [0.3, 0.4) is 0 Å². The number of hydrogen-bond acceptors (Lipinski definition) is 1. The van der Waals surface area contributed by atoms with Gasteiger partial charge in [-0.1, -0.05) is 31.4 Å². The second-order valence-corrected chi connectivity index (χ2v) is 4.09. The van der Waals surface area contributed by atoms with E-state index >= 15 is 0 Å². The predicted octanol–water partition coefficient (Wildman–Crippen LogP) is 2.66. The highest BCUT2D eigenvalue weighted by Crippen LogP contribution is 2.24. The van der Waals surface area contributed by atoms with Gasteiger partial charge in [-0.15, -0.1) is 0 Å². The quantitative estimate of drug-likeness (QED) is 0.641. The maximum Gasteiger partial charge on any atom is 0.249 e. The molecule has 2 heteroatoms. The van der Waals surface area contributed by atoms with E-state index in [2.05, 4.69) is 17.1 Å². The number of hydrogen-bond donors (Lipinski definition) is 0. The Balaban J connectivity index is 1.95. The van der Waals surface area contributed by atoms with Crippen molar-refractivity contribution in [1.82, 2.24) is 0 Å². The van der Waals surface area contributed by atoms with Crippen molar-refractivity contribution in [2.45, 2.75) is 38.5 Å². The molecule has 15 heavy (non-hydrogen) atoms. The summed E-state index contributed by atoms with van der Waals surface area (Å²) >= 11 is 0. The van der Waals surface area contributed by atoms with Crippen LogP contribution < -0.4 is 0 Å². The molecule has 1 amide bonds. The van der Waals surface area contributed by atoms with E-state index in [1.165, 1.54) is 19.3 Å². The van der Waals surface area contributed by atoms with Crippen molar-refractivity contribution in [3.05, 3.63) is 24.3 Å². The zero-order chi connectivity index (χ0) is 10.5. The number of amides is 1. The Kier molecular flexibility index (Phi) is 3.49. The van der Waals surface area contributed by atoms with Crippen LogP contribution in [0.5, 0.6) is 0 Å². The minimum Gasteiger partial charge on any atom is -0.272 e. The molecular formula is C13H15NO. The van der Waals surface area contributed by atoms with E-state index in [1.54, 1.807) is 6.08 Å². The van der Waals surface area contributed by atoms with E-state index < -0.39 is 0 Å². The van der Waals surface area contributed by atoms with Gasteiger partial charge in [-0.05, 0) is 18.9 Å². The van der Waals surface area contributed by atoms with Crippen LogP contribution in [0.1, 0.15) is 38.5 Å². The van der Waals surface area contributed by atoms with Crippen LogP contribution >= 0.6 is 0 Å². The first-order chi connectivity index (χ1) is 7.36. The van der Waals surface area contributed by atoms with Crippen LogP contribution in [-0.2, 0) is 4.79 Å². The van der Waals surface area contributed by atoms with Crippen LogP contribution in [0.25, 0.3) is 0 Å². The molecule has 2 nitrogen and oxygen atoms in total. The number of rotatable bonds is 1. The normalized spacial score (nSPS) is 24.7. The summed E-state index contributed by atoms with van der Waals surface area (Å²) in [7, 11) is 0. The highest BCUT2D eigenvalue weighted by atomic mass is 16.1. The van der Waals surface area contributed by atoms with Crippen molar-refractivity contribution in [3.8, 4) is 0 Å². The Morgan fingerprint density at radius 1 is 1.27 bits per heavy atom. The van der Waals surface area contributed by atoms with Gasteiger partial charge in [-0.2, -0.15) is 0 Å². The van der Waals surface area contributed by atoms with Crippen molar-refractivity contribution < 1.29 is 4.79 Å². The molecule has 0 spiro atoms. The number of nitrogens with zero attached hydrogens (tertiary/aromatic N) is 1. The summed E-state index contributed by atoms with van der Waals surface area (Å²) in [6, 6.07) is 0. The molecule has 0 saturated heterocycles. The first-order valence-electron chi connectivity index (χ1n) is 5.62. The standard InChI is InChI=1S/C13H15NO/c15-13(11-7-3-1-4-8-11)14-12-9-5-2-6-10-12/h2,5,11H,1,3-4,7-8,10H2. The number of allylic oxidation sites excluding steroid dienone is 4. The average molecular weight is 201 g/mol. The van der Waals surface area contributed by atoms with Gasteiger partial charge < -0.3 is 0 Å². The summed E-state index contributed by atoms with van der Waals surface area (Å²) < 4.78 is 0. The van der Waals surface area contributed by atoms with Gasteiger partial charge in [0.2, 0.25) is 5.91 Å². The molecule has 2 aliphatic rings. The van der Waals surface area contributed by atoms with Gasteiger partial charge in [-0.25, -0.2) is 4.99 Å². The number of aliphatic imine (C=N–C) groups is 1. The van der Waals surface area contributed by atoms with Gasteiger partial charge in [0.15, 0.2) is 0 Å². The molecule has 0 atom stereocenters. The van der Waals surface area contributed by atoms with Gasteiger partial charge in [0.25, 0.3) is 0 Å². The maximum atomic E-state index is 11.8. The Morgan fingerprint density at radius 3 is 2.73 bits per heavy atom. The maximum absolute atomic E-state index is 11.8. The fraction of sp³-hybridized carbons (Fsp3) is 0.538. The van der Waals surface area contributed by atoms with Crippen molar-refractivity contribution in [2.75, 3.05) is 0 Å². The highest BCUT2D eigenvalue weighted by molar-refractivity contribution is 6.01. The molecule has 0 aromatic heterocycles. The first-order valence-corrected chi connectivity index (χ1v) is 5.62. The van der Waals surface area contributed by atoms with Gasteiger partial charge in [0, 0.05) is 18.4 Å². The minimum absolute atomic E-state index is 0.0503. The van der Waals surface area contributed by atoms with Gasteiger partial charge in [0.1, 0.15) is 0 Å². The lowest BCUT2D eigenvalue weighted by atomic mass is 9.89. The van der Waals surface area contributed by atoms with Crippen molar-refractivity contribution in [2.24, 2.45) is 10.9 Å². The molecule has 0 heterocycles. The lowest BCUT2D eigenvalue weighted by Crippen LogP contribution is -2.17. The topological polar surface area (TPSA) is 29.4 Å². The third kappa shape index (κ3) is 2.88. The zero-order valence-corrected chi connectivity index (χ0v) is 8.83. The fourth-order valence-electron chi connectivity index (χ4n) is 2.05. The van der Waals surface area contributed by atoms with E-state index in [0.717, 1.165) is 18.6 Å².